The number of methoxy groups -OCH3 is 1. The standard InChI is InChI=1S/C21H25N5O2/c1-15-17(12-25(2)24-15)13-26-8-9-28-21(14-26)20-11-22-10-19(23-20)16-4-6-18(27-3)7-5-16/h4-7,10-12,21H,8-9,13-14H2,1-3H3/t21-/m1/s1. The first-order valence-corrected chi connectivity index (χ1v) is 9.42. The predicted molar refractivity (Wildman–Crippen MR) is 106 cm³/mol. The normalized spacial score (nSPS) is 17.6. The fraction of sp³-hybridized carbons (Fsp3) is 0.381. The Bertz CT molecular complexity index is 938. The summed E-state index contributed by atoms with van der Waals surface area (Å²) in [5, 5.41) is 4.44. The van der Waals surface area contributed by atoms with Crippen LogP contribution in [-0.4, -0.2) is 51.5 Å². The lowest BCUT2D eigenvalue weighted by Gasteiger charge is -2.32. The Morgan fingerprint density at radius 3 is 2.75 bits per heavy atom. The third-order valence-electron chi connectivity index (χ3n) is 5.03. The van der Waals surface area contributed by atoms with Crippen molar-refractivity contribution >= 4 is 0 Å². The van der Waals surface area contributed by atoms with E-state index in [0.717, 1.165) is 48.0 Å². The molecule has 0 bridgehead atoms. The molecule has 28 heavy (non-hydrogen) atoms. The van der Waals surface area contributed by atoms with E-state index < -0.39 is 0 Å². The van der Waals surface area contributed by atoms with Crippen molar-refractivity contribution in [3.63, 3.8) is 0 Å². The van der Waals surface area contributed by atoms with Crippen LogP contribution in [0.4, 0.5) is 0 Å². The van der Waals surface area contributed by atoms with Crippen LogP contribution in [0.15, 0.2) is 42.9 Å². The van der Waals surface area contributed by atoms with Crippen molar-refractivity contribution in [3.05, 3.63) is 59.8 Å². The molecule has 0 N–H and O–H groups in total. The molecular formula is C21H25N5O2. The Morgan fingerprint density at radius 2 is 2.04 bits per heavy atom. The van der Waals surface area contributed by atoms with Gasteiger partial charge in [-0.05, 0) is 31.2 Å². The van der Waals surface area contributed by atoms with Crippen molar-refractivity contribution in [2.45, 2.75) is 19.6 Å². The molecule has 1 aromatic carbocycles. The highest BCUT2D eigenvalue weighted by Crippen LogP contribution is 2.25. The number of morpholine rings is 1. The molecule has 0 unspecified atom stereocenters. The van der Waals surface area contributed by atoms with Gasteiger partial charge in [0, 0.05) is 44.0 Å². The lowest BCUT2D eigenvalue weighted by molar-refractivity contribution is -0.0351. The minimum atomic E-state index is -0.0866. The van der Waals surface area contributed by atoms with Gasteiger partial charge in [0.05, 0.1) is 43.2 Å². The van der Waals surface area contributed by atoms with Gasteiger partial charge in [-0.1, -0.05) is 0 Å². The van der Waals surface area contributed by atoms with E-state index in [9.17, 15) is 0 Å². The summed E-state index contributed by atoms with van der Waals surface area (Å²) in [6.07, 6.45) is 5.59. The maximum atomic E-state index is 6.01. The van der Waals surface area contributed by atoms with Gasteiger partial charge < -0.3 is 9.47 Å². The molecule has 1 atom stereocenters. The third-order valence-corrected chi connectivity index (χ3v) is 5.03. The van der Waals surface area contributed by atoms with Crippen LogP contribution in [0.5, 0.6) is 5.75 Å². The number of aromatic nitrogens is 4. The minimum absolute atomic E-state index is 0.0866. The highest BCUT2D eigenvalue weighted by Gasteiger charge is 2.24. The summed E-state index contributed by atoms with van der Waals surface area (Å²) in [5.41, 5.74) is 5.03. The zero-order valence-electron chi connectivity index (χ0n) is 16.5. The monoisotopic (exact) mass is 379 g/mol. The van der Waals surface area contributed by atoms with Gasteiger partial charge in [0.2, 0.25) is 0 Å². The molecule has 0 amide bonds. The number of benzene rings is 1. The maximum absolute atomic E-state index is 6.01. The van der Waals surface area contributed by atoms with E-state index in [1.54, 1.807) is 19.5 Å². The lowest BCUT2D eigenvalue weighted by atomic mass is 10.1. The molecule has 1 fully saturated rings. The Morgan fingerprint density at radius 1 is 1.21 bits per heavy atom. The molecule has 1 saturated heterocycles. The molecule has 3 heterocycles. The summed E-state index contributed by atoms with van der Waals surface area (Å²) in [5.74, 6) is 0.824. The van der Waals surface area contributed by atoms with E-state index >= 15 is 0 Å². The summed E-state index contributed by atoms with van der Waals surface area (Å²) in [4.78, 5) is 11.6. The Labute approximate surface area is 164 Å². The van der Waals surface area contributed by atoms with Crippen LogP contribution in [-0.2, 0) is 18.3 Å². The molecule has 0 spiro atoms. The molecule has 4 rings (SSSR count). The van der Waals surface area contributed by atoms with Crippen LogP contribution in [0, 0.1) is 6.92 Å². The molecule has 0 radical (unpaired) electrons. The van der Waals surface area contributed by atoms with E-state index in [4.69, 9.17) is 14.5 Å². The topological polar surface area (TPSA) is 65.3 Å². The Balaban J connectivity index is 1.49. The molecule has 0 aliphatic carbocycles. The number of nitrogens with zero attached hydrogens (tertiary/aromatic N) is 5. The smallest absolute Gasteiger partial charge is 0.118 e. The van der Waals surface area contributed by atoms with Gasteiger partial charge in [-0.3, -0.25) is 14.6 Å². The molecule has 146 valence electrons. The molecule has 1 aliphatic heterocycles. The van der Waals surface area contributed by atoms with Crippen molar-refractivity contribution < 1.29 is 9.47 Å². The highest BCUT2D eigenvalue weighted by atomic mass is 16.5. The van der Waals surface area contributed by atoms with Crippen molar-refractivity contribution in [3.8, 4) is 17.0 Å². The number of hydrogen-bond donors (Lipinski definition) is 0. The van der Waals surface area contributed by atoms with Crippen LogP contribution in [0.2, 0.25) is 0 Å². The maximum Gasteiger partial charge on any atom is 0.118 e. The lowest BCUT2D eigenvalue weighted by Crippen LogP contribution is -2.38. The fourth-order valence-electron chi connectivity index (χ4n) is 3.51. The van der Waals surface area contributed by atoms with Crippen LogP contribution < -0.4 is 4.74 Å². The average Bonchev–Trinajstić information content (AvgIpc) is 3.05. The zero-order valence-corrected chi connectivity index (χ0v) is 16.5. The summed E-state index contributed by atoms with van der Waals surface area (Å²) in [6.45, 7) is 5.28. The van der Waals surface area contributed by atoms with Crippen LogP contribution in [0.25, 0.3) is 11.3 Å². The number of rotatable bonds is 5. The van der Waals surface area contributed by atoms with Crippen LogP contribution in [0.1, 0.15) is 23.1 Å². The molecular weight excluding hydrogens is 354 g/mol. The Kier molecular flexibility index (Phi) is 5.36. The van der Waals surface area contributed by atoms with E-state index in [-0.39, 0.29) is 6.10 Å². The summed E-state index contributed by atoms with van der Waals surface area (Å²) in [6, 6.07) is 7.84. The number of aryl methyl sites for hydroxylation is 2. The molecule has 7 nitrogen and oxygen atoms in total. The highest BCUT2D eigenvalue weighted by molar-refractivity contribution is 5.59. The first kappa shape index (κ1) is 18.6. The molecule has 1 aliphatic rings. The van der Waals surface area contributed by atoms with Gasteiger partial charge in [-0.15, -0.1) is 0 Å². The van der Waals surface area contributed by atoms with E-state index in [1.807, 2.05) is 36.0 Å². The van der Waals surface area contributed by atoms with Gasteiger partial charge in [-0.25, -0.2) is 4.98 Å². The van der Waals surface area contributed by atoms with Crippen molar-refractivity contribution in [2.75, 3.05) is 26.8 Å². The quantitative estimate of drug-likeness (QED) is 0.679. The van der Waals surface area contributed by atoms with Gasteiger partial charge >= 0.3 is 0 Å². The first-order chi connectivity index (χ1) is 13.6. The van der Waals surface area contributed by atoms with Gasteiger partial charge in [-0.2, -0.15) is 5.10 Å². The predicted octanol–water partition coefficient (Wildman–Crippen LogP) is 2.77. The summed E-state index contributed by atoms with van der Waals surface area (Å²) in [7, 11) is 3.62. The third kappa shape index (κ3) is 4.05. The second kappa shape index (κ2) is 8.08. The summed E-state index contributed by atoms with van der Waals surface area (Å²) < 4.78 is 13.1. The molecule has 3 aromatic rings. The van der Waals surface area contributed by atoms with Gasteiger partial charge in [0.25, 0.3) is 0 Å². The largest absolute Gasteiger partial charge is 0.497 e. The van der Waals surface area contributed by atoms with Crippen molar-refractivity contribution in [1.82, 2.24) is 24.6 Å². The Hall–Kier alpha value is -2.77. The first-order valence-electron chi connectivity index (χ1n) is 9.42. The zero-order chi connectivity index (χ0) is 19.5. The minimum Gasteiger partial charge on any atom is -0.497 e. The SMILES string of the molecule is COc1ccc(-c2cncc([C@H]3CN(Cc4cn(C)nc4C)CCO3)n2)cc1. The number of hydrogen-bond acceptors (Lipinski definition) is 6. The average molecular weight is 379 g/mol. The summed E-state index contributed by atoms with van der Waals surface area (Å²) >= 11 is 0. The molecule has 7 heteroatoms. The van der Waals surface area contributed by atoms with E-state index in [1.165, 1.54) is 5.56 Å². The van der Waals surface area contributed by atoms with E-state index in [0.29, 0.717) is 6.61 Å². The van der Waals surface area contributed by atoms with Gasteiger partial charge in [0.15, 0.2) is 0 Å². The van der Waals surface area contributed by atoms with Crippen LogP contribution in [0.3, 0.4) is 0 Å². The second-order valence-corrected chi connectivity index (χ2v) is 7.07. The van der Waals surface area contributed by atoms with E-state index in [2.05, 4.69) is 28.1 Å². The van der Waals surface area contributed by atoms with Crippen LogP contribution >= 0.6 is 0 Å². The molecule has 0 saturated carbocycles. The van der Waals surface area contributed by atoms with Crippen molar-refractivity contribution in [2.24, 2.45) is 7.05 Å². The fourth-order valence-corrected chi connectivity index (χ4v) is 3.51. The molecule has 2 aromatic heterocycles. The van der Waals surface area contributed by atoms with Gasteiger partial charge in [0.1, 0.15) is 11.9 Å². The van der Waals surface area contributed by atoms with Crippen molar-refractivity contribution in [1.29, 1.82) is 0 Å². The number of ether oxygens (including phenoxy) is 2. The second-order valence-electron chi connectivity index (χ2n) is 7.07.